The third-order valence-corrected chi connectivity index (χ3v) is 4.08. The lowest BCUT2D eigenvalue weighted by Gasteiger charge is -2.15. The monoisotopic (exact) mass is 284 g/mol. The summed E-state index contributed by atoms with van der Waals surface area (Å²) < 4.78 is 1.93. The van der Waals surface area contributed by atoms with Gasteiger partial charge in [0.05, 0.1) is 5.69 Å². The highest BCUT2D eigenvalue weighted by Crippen LogP contribution is 2.13. The number of aromatic nitrogens is 2. The molecule has 1 aromatic heterocycles. The Morgan fingerprint density at radius 2 is 1.95 bits per heavy atom. The summed E-state index contributed by atoms with van der Waals surface area (Å²) in [5.74, 6) is 0. The summed E-state index contributed by atoms with van der Waals surface area (Å²) in [7, 11) is 0. The van der Waals surface area contributed by atoms with E-state index >= 15 is 0 Å². The molecule has 1 N–H and O–H groups in total. The molecule has 1 saturated heterocycles. The van der Waals surface area contributed by atoms with Crippen molar-refractivity contribution in [3.05, 3.63) is 48.3 Å². The zero-order chi connectivity index (χ0) is 14.3. The van der Waals surface area contributed by atoms with Gasteiger partial charge in [-0.3, -0.25) is 0 Å². The maximum absolute atomic E-state index is 4.33. The van der Waals surface area contributed by atoms with E-state index in [-0.39, 0.29) is 0 Å². The van der Waals surface area contributed by atoms with Crippen molar-refractivity contribution in [3.8, 4) is 5.69 Å². The van der Waals surface area contributed by atoms with Gasteiger partial charge < -0.3 is 10.2 Å². The zero-order valence-electron chi connectivity index (χ0n) is 12.5. The number of para-hydroxylation sites is 1. The number of hydrogen-bond acceptors (Lipinski definition) is 3. The second-order valence-electron chi connectivity index (χ2n) is 5.66. The van der Waals surface area contributed by atoms with Gasteiger partial charge in [-0.15, -0.1) is 0 Å². The van der Waals surface area contributed by atoms with Crippen molar-refractivity contribution in [1.29, 1.82) is 0 Å². The van der Waals surface area contributed by atoms with Crippen molar-refractivity contribution >= 4 is 0 Å². The molecule has 2 aromatic rings. The standard InChI is InChI=1S/C17H24N4/c1-2-8-17(21-14-6-10-19-21)16(7-1)15-18-9-5-13-20-11-3-4-12-20/h1-2,6-8,10,14,18H,3-5,9,11-13,15H2. The first-order valence-electron chi connectivity index (χ1n) is 7.94. The van der Waals surface area contributed by atoms with E-state index < -0.39 is 0 Å². The maximum Gasteiger partial charge on any atom is 0.0690 e. The molecule has 1 aromatic carbocycles. The fourth-order valence-corrected chi connectivity index (χ4v) is 2.95. The molecular formula is C17H24N4. The van der Waals surface area contributed by atoms with Crippen molar-refractivity contribution in [2.45, 2.75) is 25.8 Å². The van der Waals surface area contributed by atoms with Crippen LogP contribution in [-0.2, 0) is 6.54 Å². The number of nitrogens with one attached hydrogen (secondary N) is 1. The summed E-state index contributed by atoms with van der Waals surface area (Å²) >= 11 is 0. The van der Waals surface area contributed by atoms with Crippen LogP contribution in [0.25, 0.3) is 5.69 Å². The minimum Gasteiger partial charge on any atom is -0.313 e. The molecule has 0 radical (unpaired) electrons. The van der Waals surface area contributed by atoms with Gasteiger partial charge in [0.2, 0.25) is 0 Å². The largest absolute Gasteiger partial charge is 0.313 e. The Morgan fingerprint density at radius 1 is 1.10 bits per heavy atom. The Morgan fingerprint density at radius 3 is 2.76 bits per heavy atom. The number of likely N-dealkylation sites (tertiary alicyclic amines) is 1. The van der Waals surface area contributed by atoms with Gasteiger partial charge in [0.25, 0.3) is 0 Å². The van der Waals surface area contributed by atoms with Crippen LogP contribution in [0.1, 0.15) is 24.8 Å². The minimum absolute atomic E-state index is 0.899. The number of rotatable bonds is 7. The molecule has 0 aliphatic carbocycles. The van der Waals surface area contributed by atoms with Crippen molar-refractivity contribution in [1.82, 2.24) is 20.0 Å². The molecule has 1 aliphatic rings. The Labute approximate surface area is 126 Å². The molecule has 21 heavy (non-hydrogen) atoms. The van der Waals surface area contributed by atoms with Gasteiger partial charge in [-0.1, -0.05) is 18.2 Å². The molecule has 0 spiro atoms. The van der Waals surface area contributed by atoms with Crippen molar-refractivity contribution in [2.75, 3.05) is 26.2 Å². The second-order valence-corrected chi connectivity index (χ2v) is 5.66. The van der Waals surface area contributed by atoms with E-state index in [0.29, 0.717) is 0 Å². The van der Waals surface area contributed by atoms with E-state index in [9.17, 15) is 0 Å². The summed E-state index contributed by atoms with van der Waals surface area (Å²) in [4.78, 5) is 2.57. The maximum atomic E-state index is 4.33. The third kappa shape index (κ3) is 3.93. The van der Waals surface area contributed by atoms with Crippen LogP contribution in [0.2, 0.25) is 0 Å². The van der Waals surface area contributed by atoms with Gasteiger partial charge in [0.1, 0.15) is 0 Å². The molecule has 2 heterocycles. The Kier molecular flexibility index (Phi) is 5.03. The zero-order valence-corrected chi connectivity index (χ0v) is 12.5. The summed E-state index contributed by atoms with van der Waals surface area (Å²) in [6, 6.07) is 10.4. The molecule has 0 atom stereocenters. The summed E-state index contributed by atoms with van der Waals surface area (Å²) in [6.07, 6.45) is 7.80. The molecule has 0 unspecified atom stereocenters. The lowest BCUT2D eigenvalue weighted by molar-refractivity contribution is 0.331. The fourth-order valence-electron chi connectivity index (χ4n) is 2.95. The topological polar surface area (TPSA) is 33.1 Å². The van der Waals surface area contributed by atoms with Crippen LogP contribution in [-0.4, -0.2) is 40.9 Å². The molecule has 1 aliphatic heterocycles. The fraction of sp³-hybridized carbons (Fsp3) is 0.471. The lowest BCUT2D eigenvalue weighted by atomic mass is 10.1. The van der Waals surface area contributed by atoms with E-state index in [1.807, 2.05) is 23.1 Å². The highest BCUT2D eigenvalue weighted by Gasteiger charge is 2.10. The van der Waals surface area contributed by atoms with Gasteiger partial charge in [-0.2, -0.15) is 5.10 Å². The molecular weight excluding hydrogens is 260 g/mol. The smallest absolute Gasteiger partial charge is 0.0690 e. The normalized spacial score (nSPS) is 15.6. The van der Waals surface area contributed by atoms with Crippen LogP contribution in [0.3, 0.4) is 0 Å². The Bertz CT molecular complexity index is 529. The first-order chi connectivity index (χ1) is 10.4. The quantitative estimate of drug-likeness (QED) is 0.793. The van der Waals surface area contributed by atoms with Crippen molar-refractivity contribution in [2.24, 2.45) is 0 Å². The van der Waals surface area contributed by atoms with E-state index in [1.54, 1.807) is 0 Å². The lowest BCUT2D eigenvalue weighted by Crippen LogP contribution is -2.25. The summed E-state index contributed by atoms with van der Waals surface area (Å²) in [5.41, 5.74) is 2.46. The first-order valence-corrected chi connectivity index (χ1v) is 7.94. The predicted molar refractivity (Wildman–Crippen MR) is 85.6 cm³/mol. The number of nitrogens with zero attached hydrogens (tertiary/aromatic N) is 3. The number of benzene rings is 1. The molecule has 0 bridgehead atoms. The minimum atomic E-state index is 0.899. The molecule has 3 rings (SSSR count). The van der Waals surface area contributed by atoms with Crippen LogP contribution in [0, 0.1) is 0 Å². The SMILES string of the molecule is c1ccc(-n2cccn2)c(CNCCCN2CCCC2)c1. The molecule has 1 fully saturated rings. The average Bonchev–Trinajstić information content (AvgIpc) is 3.21. The highest BCUT2D eigenvalue weighted by molar-refractivity contribution is 5.40. The van der Waals surface area contributed by atoms with Gasteiger partial charge >= 0.3 is 0 Å². The van der Waals surface area contributed by atoms with E-state index in [0.717, 1.165) is 18.8 Å². The van der Waals surface area contributed by atoms with Gasteiger partial charge in [0, 0.05) is 18.9 Å². The van der Waals surface area contributed by atoms with Crippen LogP contribution in [0.4, 0.5) is 0 Å². The first kappa shape index (κ1) is 14.3. The summed E-state index contributed by atoms with van der Waals surface area (Å²) in [5, 5.41) is 7.89. The van der Waals surface area contributed by atoms with Crippen LogP contribution < -0.4 is 5.32 Å². The van der Waals surface area contributed by atoms with Gasteiger partial charge in [-0.25, -0.2) is 4.68 Å². The number of hydrogen-bond donors (Lipinski definition) is 1. The van der Waals surface area contributed by atoms with Crippen molar-refractivity contribution < 1.29 is 0 Å². The van der Waals surface area contributed by atoms with E-state index in [1.165, 1.54) is 44.5 Å². The molecule has 4 nitrogen and oxygen atoms in total. The molecule has 112 valence electrons. The van der Waals surface area contributed by atoms with Crippen LogP contribution in [0.15, 0.2) is 42.7 Å². The average molecular weight is 284 g/mol. The Hall–Kier alpha value is -1.65. The summed E-state index contributed by atoms with van der Waals surface area (Å²) in [6.45, 7) is 5.79. The Balaban J connectivity index is 1.47. The predicted octanol–water partition coefficient (Wildman–Crippen LogP) is 2.45. The second kappa shape index (κ2) is 7.38. The van der Waals surface area contributed by atoms with Crippen LogP contribution >= 0.6 is 0 Å². The van der Waals surface area contributed by atoms with Gasteiger partial charge in [-0.05, 0) is 63.1 Å². The van der Waals surface area contributed by atoms with Crippen LogP contribution in [0.5, 0.6) is 0 Å². The molecule has 0 saturated carbocycles. The third-order valence-electron chi connectivity index (χ3n) is 4.08. The van der Waals surface area contributed by atoms with E-state index in [2.05, 4.69) is 39.6 Å². The van der Waals surface area contributed by atoms with Gasteiger partial charge in [0.15, 0.2) is 0 Å². The highest BCUT2D eigenvalue weighted by atomic mass is 15.3. The van der Waals surface area contributed by atoms with E-state index in [4.69, 9.17) is 0 Å². The molecule has 0 amide bonds. The van der Waals surface area contributed by atoms with Crippen molar-refractivity contribution in [3.63, 3.8) is 0 Å². The molecule has 4 heteroatoms.